The van der Waals surface area contributed by atoms with Gasteiger partial charge >= 0.3 is 5.69 Å². The van der Waals surface area contributed by atoms with Crippen LogP contribution in [-0.2, 0) is 14.1 Å². The van der Waals surface area contributed by atoms with E-state index in [-0.39, 0.29) is 11.2 Å². The Hall–Kier alpha value is -3.41. The first-order valence-corrected chi connectivity index (χ1v) is 8.70. The van der Waals surface area contributed by atoms with Crippen molar-refractivity contribution in [3.05, 3.63) is 80.8 Å². The van der Waals surface area contributed by atoms with Gasteiger partial charge in [0.05, 0.1) is 17.0 Å². The number of hydrogen-bond donors (Lipinski definition) is 0. The number of hydrogen-bond acceptors (Lipinski definition) is 3. The molecule has 0 aliphatic carbocycles. The van der Waals surface area contributed by atoms with Crippen LogP contribution in [0.5, 0.6) is 0 Å². The van der Waals surface area contributed by atoms with Crippen molar-refractivity contribution < 1.29 is 0 Å². The Kier molecular flexibility index (Phi) is 3.84. The molecule has 0 atom stereocenters. The summed E-state index contributed by atoms with van der Waals surface area (Å²) in [4.78, 5) is 30.4. The molecule has 136 valence electrons. The molecule has 6 nitrogen and oxygen atoms in total. The van der Waals surface area contributed by atoms with Gasteiger partial charge in [-0.25, -0.2) is 9.78 Å². The van der Waals surface area contributed by atoms with Crippen molar-refractivity contribution in [1.29, 1.82) is 0 Å². The molecule has 27 heavy (non-hydrogen) atoms. The molecule has 3 heterocycles. The second kappa shape index (κ2) is 6.09. The van der Waals surface area contributed by atoms with Gasteiger partial charge in [0, 0.05) is 32.1 Å². The molecule has 1 aromatic carbocycles. The highest BCUT2D eigenvalue weighted by molar-refractivity contribution is 5.81. The predicted molar refractivity (Wildman–Crippen MR) is 106 cm³/mol. The number of pyridine rings is 1. The van der Waals surface area contributed by atoms with Crippen molar-refractivity contribution in [2.24, 2.45) is 14.1 Å². The summed E-state index contributed by atoms with van der Waals surface area (Å²) in [5.41, 5.74) is 4.54. The number of imidazole rings is 1. The second-order valence-electron chi connectivity index (χ2n) is 6.84. The summed E-state index contributed by atoms with van der Waals surface area (Å²) in [5.74, 6) is 0. The van der Waals surface area contributed by atoms with Crippen molar-refractivity contribution in [2.45, 2.75) is 13.8 Å². The Morgan fingerprint density at radius 3 is 2.44 bits per heavy atom. The summed E-state index contributed by atoms with van der Waals surface area (Å²) >= 11 is 0. The van der Waals surface area contributed by atoms with E-state index in [1.165, 1.54) is 11.6 Å². The fourth-order valence-corrected chi connectivity index (χ4v) is 3.43. The molecule has 0 saturated carbocycles. The largest absolute Gasteiger partial charge is 0.330 e. The van der Waals surface area contributed by atoms with E-state index in [1.807, 2.05) is 67.0 Å². The molecular weight excluding hydrogens is 340 g/mol. The first-order valence-electron chi connectivity index (χ1n) is 8.70. The molecule has 0 saturated heterocycles. The van der Waals surface area contributed by atoms with Crippen LogP contribution in [0.15, 0.2) is 58.4 Å². The maximum atomic E-state index is 13.1. The lowest BCUT2D eigenvalue weighted by Crippen LogP contribution is -2.39. The van der Waals surface area contributed by atoms with Gasteiger partial charge < -0.3 is 4.40 Å². The van der Waals surface area contributed by atoms with Crippen LogP contribution in [0.25, 0.3) is 28.2 Å². The summed E-state index contributed by atoms with van der Waals surface area (Å²) in [6.07, 6.45) is 3.75. The number of benzene rings is 1. The molecule has 0 amide bonds. The Morgan fingerprint density at radius 2 is 1.70 bits per heavy atom. The number of fused-ring (bicyclic) bond motifs is 1. The maximum absolute atomic E-state index is 13.1. The highest BCUT2D eigenvalue weighted by Gasteiger charge is 2.21. The molecule has 0 unspecified atom stereocenters. The summed E-state index contributed by atoms with van der Waals surface area (Å²) in [7, 11) is 3.18. The lowest BCUT2D eigenvalue weighted by Gasteiger charge is -2.16. The lowest BCUT2D eigenvalue weighted by atomic mass is 10.00. The van der Waals surface area contributed by atoms with E-state index >= 15 is 0 Å². The van der Waals surface area contributed by atoms with Gasteiger partial charge in [-0.1, -0.05) is 24.3 Å². The SMILES string of the molecule is Cc1ccn2cc(-c3c(-c4ccccc4C)n(C)c(=O)n(C)c3=O)nc2c1. The molecule has 0 spiro atoms. The quantitative estimate of drug-likeness (QED) is 0.552. The molecule has 3 aromatic heterocycles. The van der Waals surface area contributed by atoms with Gasteiger partial charge in [-0.05, 0) is 37.1 Å². The Labute approximate surface area is 156 Å². The minimum Gasteiger partial charge on any atom is -0.306 e. The van der Waals surface area contributed by atoms with Gasteiger partial charge in [0.2, 0.25) is 0 Å². The van der Waals surface area contributed by atoms with Gasteiger partial charge in [0.25, 0.3) is 5.56 Å². The molecule has 0 fully saturated rings. The highest BCUT2D eigenvalue weighted by atomic mass is 16.2. The van der Waals surface area contributed by atoms with E-state index in [4.69, 9.17) is 0 Å². The topological polar surface area (TPSA) is 61.3 Å². The Bertz CT molecular complexity index is 1310. The minimum atomic E-state index is -0.360. The summed E-state index contributed by atoms with van der Waals surface area (Å²) < 4.78 is 4.54. The standard InChI is InChI=1S/C21H20N4O2/c1-13-9-10-25-12-16(22-17(25)11-13)18-19(15-8-6-5-7-14(15)2)23(3)21(27)24(4)20(18)26/h5-12H,1-4H3. The minimum absolute atomic E-state index is 0.350. The zero-order valence-corrected chi connectivity index (χ0v) is 15.7. The van der Waals surface area contributed by atoms with Gasteiger partial charge in [0.1, 0.15) is 5.65 Å². The average molecular weight is 360 g/mol. The first kappa shape index (κ1) is 17.0. The molecule has 0 N–H and O–H groups in total. The van der Waals surface area contributed by atoms with Gasteiger partial charge in [-0.15, -0.1) is 0 Å². The van der Waals surface area contributed by atoms with Gasteiger partial charge in [-0.3, -0.25) is 13.9 Å². The second-order valence-corrected chi connectivity index (χ2v) is 6.84. The monoisotopic (exact) mass is 360 g/mol. The van der Waals surface area contributed by atoms with Crippen LogP contribution in [0.2, 0.25) is 0 Å². The van der Waals surface area contributed by atoms with E-state index in [0.717, 1.165) is 26.9 Å². The number of aromatic nitrogens is 4. The van der Waals surface area contributed by atoms with Crippen LogP contribution in [0.4, 0.5) is 0 Å². The first-order chi connectivity index (χ1) is 12.9. The van der Waals surface area contributed by atoms with Crippen molar-refractivity contribution >= 4 is 5.65 Å². The van der Waals surface area contributed by atoms with Crippen LogP contribution in [0, 0.1) is 13.8 Å². The lowest BCUT2D eigenvalue weighted by molar-refractivity contribution is 0.694. The van der Waals surface area contributed by atoms with Crippen LogP contribution in [0.1, 0.15) is 11.1 Å². The molecule has 6 heteroatoms. The van der Waals surface area contributed by atoms with Crippen LogP contribution < -0.4 is 11.2 Å². The summed E-state index contributed by atoms with van der Waals surface area (Å²) in [6.45, 7) is 3.96. The third-order valence-corrected chi connectivity index (χ3v) is 4.94. The molecular formula is C21H20N4O2. The van der Waals surface area contributed by atoms with E-state index in [2.05, 4.69) is 4.98 Å². The van der Waals surface area contributed by atoms with Crippen molar-refractivity contribution in [2.75, 3.05) is 0 Å². The third-order valence-electron chi connectivity index (χ3n) is 4.94. The van der Waals surface area contributed by atoms with Crippen LogP contribution in [0.3, 0.4) is 0 Å². The zero-order valence-electron chi connectivity index (χ0n) is 15.7. The van der Waals surface area contributed by atoms with Crippen LogP contribution in [-0.4, -0.2) is 18.5 Å². The van der Waals surface area contributed by atoms with E-state index in [9.17, 15) is 9.59 Å². The Morgan fingerprint density at radius 1 is 0.963 bits per heavy atom. The fraction of sp³-hybridized carbons (Fsp3) is 0.190. The van der Waals surface area contributed by atoms with Crippen molar-refractivity contribution in [3.63, 3.8) is 0 Å². The molecule has 0 aliphatic rings. The smallest absolute Gasteiger partial charge is 0.306 e. The van der Waals surface area contributed by atoms with Crippen LogP contribution >= 0.6 is 0 Å². The van der Waals surface area contributed by atoms with Gasteiger partial charge in [-0.2, -0.15) is 0 Å². The predicted octanol–water partition coefficient (Wildman–Crippen LogP) is 2.68. The normalized spacial score (nSPS) is 11.3. The molecule has 4 aromatic rings. The fourth-order valence-electron chi connectivity index (χ4n) is 3.43. The van der Waals surface area contributed by atoms with E-state index in [0.29, 0.717) is 17.0 Å². The van der Waals surface area contributed by atoms with E-state index in [1.54, 1.807) is 7.05 Å². The highest BCUT2D eigenvalue weighted by Crippen LogP contribution is 2.30. The summed E-state index contributed by atoms with van der Waals surface area (Å²) in [5, 5.41) is 0. The average Bonchev–Trinajstić information content (AvgIpc) is 3.06. The molecule has 0 aliphatic heterocycles. The van der Waals surface area contributed by atoms with E-state index < -0.39 is 0 Å². The number of rotatable bonds is 2. The van der Waals surface area contributed by atoms with Gasteiger partial charge in [0.15, 0.2) is 0 Å². The van der Waals surface area contributed by atoms with Crippen molar-refractivity contribution in [3.8, 4) is 22.5 Å². The number of nitrogens with zero attached hydrogens (tertiary/aromatic N) is 4. The zero-order chi connectivity index (χ0) is 19.3. The number of aryl methyl sites for hydroxylation is 2. The maximum Gasteiger partial charge on any atom is 0.330 e. The third kappa shape index (κ3) is 2.61. The van der Waals surface area contributed by atoms with Crippen molar-refractivity contribution in [1.82, 2.24) is 18.5 Å². The molecule has 0 bridgehead atoms. The summed E-state index contributed by atoms with van der Waals surface area (Å²) in [6, 6.07) is 11.7. The molecule has 0 radical (unpaired) electrons. The molecule has 4 rings (SSSR count). The Balaban J connectivity index is 2.15.